The molecule has 2 aromatic heterocycles. The van der Waals surface area contributed by atoms with Crippen molar-refractivity contribution in [3.63, 3.8) is 0 Å². The van der Waals surface area contributed by atoms with Crippen LogP contribution in [-0.2, 0) is 5.60 Å². The normalized spacial score (nSPS) is 22.2. The first-order valence-electron chi connectivity index (χ1n) is 9.57. The largest absolute Gasteiger partial charge is 0.497 e. The topological polar surface area (TPSA) is 80.4 Å². The first-order valence-corrected chi connectivity index (χ1v) is 9.57. The van der Waals surface area contributed by atoms with Gasteiger partial charge in [-0.1, -0.05) is 0 Å². The van der Waals surface area contributed by atoms with E-state index in [9.17, 15) is 10.2 Å². The highest BCUT2D eigenvalue weighted by atomic mass is 16.5. The summed E-state index contributed by atoms with van der Waals surface area (Å²) in [7, 11) is 1.64. The van der Waals surface area contributed by atoms with Crippen LogP contribution in [0.4, 0.5) is 0 Å². The van der Waals surface area contributed by atoms with Gasteiger partial charge in [0.25, 0.3) is 0 Å². The van der Waals surface area contributed by atoms with E-state index in [1.165, 1.54) is 0 Å². The SMILES string of the molecule is COc1ccc(-n2nc([C@]3(O)CC[C@H](O)CC3)cc2-c2ccc(C)nc2)cc1. The highest BCUT2D eigenvalue weighted by Crippen LogP contribution is 2.38. The number of nitrogens with zero attached hydrogens (tertiary/aromatic N) is 3. The monoisotopic (exact) mass is 379 g/mol. The molecule has 0 saturated heterocycles. The Morgan fingerprint density at radius 1 is 1.11 bits per heavy atom. The van der Waals surface area contributed by atoms with Crippen LogP contribution in [0.2, 0.25) is 0 Å². The first kappa shape index (κ1) is 18.7. The second-order valence-electron chi connectivity index (χ2n) is 7.48. The Morgan fingerprint density at radius 3 is 2.43 bits per heavy atom. The van der Waals surface area contributed by atoms with Gasteiger partial charge in [-0.2, -0.15) is 5.10 Å². The number of hydrogen-bond acceptors (Lipinski definition) is 5. The van der Waals surface area contributed by atoms with E-state index in [2.05, 4.69) is 4.98 Å². The number of aliphatic hydroxyl groups is 2. The zero-order valence-electron chi connectivity index (χ0n) is 16.2. The van der Waals surface area contributed by atoms with Crippen molar-refractivity contribution in [3.8, 4) is 22.7 Å². The van der Waals surface area contributed by atoms with E-state index < -0.39 is 5.60 Å². The smallest absolute Gasteiger partial charge is 0.119 e. The molecule has 1 aliphatic carbocycles. The first-order chi connectivity index (χ1) is 13.5. The number of aromatic nitrogens is 3. The summed E-state index contributed by atoms with van der Waals surface area (Å²) >= 11 is 0. The van der Waals surface area contributed by atoms with Crippen molar-refractivity contribution >= 4 is 0 Å². The highest BCUT2D eigenvalue weighted by molar-refractivity contribution is 5.62. The van der Waals surface area contributed by atoms with Crippen LogP contribution in [-0.4, -0.2) is 38.2 Å². The number of benzene rings is 1. The molecule has 0 spiro atoms. The molecule has 2 N–H and O–H groups in total. The van der Waals surface area contributed by atoms with Gasteiger partial charge in [0.15, 0.2) is 0 Å². The van der Waals surface area contributed by atoms with Crippen LogP contribution >= 0.6 is 0 Å². The molecule has 0 atom stereocenters. The third-order valence-corrected chi connectivity index (χ3v) is 5.49. The quantitative estimate of drug-likeness (QED) is 0.726. The number of aliphatic hydroxyl groups excluding tert-OH is 1. The fraction of sp³-hybridized carbons (Fsp3) is 0.364. The van der Waals surface area contributed by atoms with Gasteiger partial charge < -0.3 is 14.9 Å². The van der Waals surface area contributed by atoms with Gasteiger partial charge in [0.1, 0.15) is 11.4 Å². The fourth-order valence-electron chi connectivity index (χ4n) is 3.69. The summed E-state index contributed by atoms with van der Waals surface area (Å²) in [5.41, 5.74) is 3.23. The lowest BCUT2D eigenvalue weighted by atomic mass is 9.81. The Hall–Kier alpha value is -2.70. The summed E-state index contributed by atoms with van der Waals surface area (Å²) in [4.78, 5) is 4.41. The molecule has 0 aliphatic heterocycles. The number of pyridine rings is 1. The van der Waals surface area contributed by atoms with E-state index in [-0.39, 0.29) is 6.10 Å². The van der Waals surface area contributed by atoms with E-state index in [1.54, 1.807) is 7.11 Å². The Bertz CT molecular complexity index is 940. The van der Waals surface area contributed by atoms with Crippen LogP contribution in [0.5, 0.6) is 5.75 Å². The minimum Gasteiger partial charge on any atom is -0.497 e. The number of aryl methyl sites for hydroxylation is 1. The van der Waals surface area contributed by atoms with E-state index in [4.69, 9.17) is 9.84 Å². The Labute approximate surface area is 164 Å². The second kappa shape index (κ2) is 7.37. The summed E-state index contributed by atoms with van der Waals surface area (Å²) < 4.78 is 7.09. The predicted molar refractivity (Wildman–Crippen MR) is 106 cm³/mol. The molecular formula is C22H25N3O3. The lowest BCUT2D eigenvalue weighted by molar-refractivity contribution is -0.0393. The third kappa shape index (κ3) is 3.53. The summed E-state index contributed by atoms with van der Waals surface area (Å²) in [5.74, 6) is 0.773. The van der Waals surface area contributed by atoms with Gasteiger partial charge in [0.2, 0.25) is 0 Å². The summed E-state index contributed by atoms with van der Waals surface area (Å²) in [6, 6.07) is 13.6. The van der Waals surface area contributed by atoms with Crippen LogP contribution in [0.3, 0.4) is 0 Å². The van der Waals surface area contributed by atoms with E-state index in [1.807, 2.05) is 60.3 Å². The van der Waals surface area contributed by atoms with E-state index >= 15 is 0 Å². The lowest BCUT2D eigenvalue weighted by Crippen LogP contribution is -2.33. The van der Waals surface area contributed by atoms with E-state index in [0.717, 1.165) is 28.4 Å². The zero-order chi connectivity index (χ0) is 19.7. The van der Waals surface area contributed by atoms with Gasteiger partial charge in [-0.15, -0.1) is 0 Å². The summed E-state index contributed by atoms with van der Waals surface area (Å²) in [5, 5.41) is 25.8. The molecule has 146 valence electrons. The Kier molecular flexibility index (Phi) is 4.91. The molecule has 1 saturated carbocycles. The average molecular weight is 379 g/mol. The van der Waals surface area contributed by atoms with Crippen LogP contribution in [0.1, 0.15) is 37.1 Å². The van der Waals surface area contributed by atoms with Gasteiger partial charge in [0, 0.05) is 17.5 Å². The maximum atomic E-state index is 11.2. The van der Waals surface area contributed by atoms with Crippen LogP contribution in [0.25, 0.3) is 16.9 Å². The minimum absolute atomic E-state index is 0.343. The molecule has 28 heavy (non-hydrogen) atoms. The molecule has 3 aromatic rings. The maximum Gasteiger partial charge on any atom is 0.119 e. The Morgan fingerprint density at radius 2 is 1.82 bits per heavy atom. The highest BCUT2D eigenvalue weighted by Gasteiger charge is 2.37. The van der Waals surface area contributed by atoms with Crippen molar-refractivity contribution in [2.45, 2.75) is 44.3 Å². The maximum absolute atomic E-state index is 11.2. The molecule has 0 bridgehead atoms. The molecule has 1 aliphatic rings. The fourth-order valence-corrected chi connectivity index (χ4v) is 3.69. The van der Waals surface area contributed by atoms with E-state index in [0.29, 0.717) is 31.4 Å². The molecular weight excluding hydrogens is 354 g/mol. The van der Waals surface area contributed by atoms with Gasteiger partial charge in [-0.3, -0.25) is 4.98 Å². The van der Waals surface area contributed by atoms with Crippen LogP contribution in [0, 0.1) is 6.92 Å². The molecule has 6 nitrogen and oxygen atoms in total. The molecule has 6 heteroatoms. The molecule has 2 heterocycles. The van der Waals surface area contributed by atoms with Crippen molar-refractivity contribution in [1.29, 1.82) is 0 Å². The van der Waals surface area contributed by atoms with Crippen molar-refractivity contribution in [1.82, 2.24) is 14.8 Å². The number of methoxy groups -OCH3 is 1. The minimum atomic E-state index is -1.02. The van der Waals surface area contributed by atoms with Crippen molar-refractivity contribution in [2.24, 2.45) is 0 Å². The van der Waals surface area contributed by atoms with Crippen molar-refractivity contribution in [3.05, 3.63) is 60.0 Å². The molecule has 0 amide bonds. The van der Waals surface area contributed by atoms with Gasteiger partial charge >= 0.3 is 0 Å². The number of rotatable bonds is 4. The van der Waals surface area contributed by atoms with Gasteiger partial charge in [-0.25, -0.2) is 4.68 Å². The summed E-state index contributed by atoms with van der Waals surface area (Å²) in [6.07, 6.45) is 3.63. The van der Waals surface area contributed by atoms with Crippen LogP contribution < -0.4 is 4.74 Å². The predicted octanol–water partition coefficient (Wildman–Crippen LogP) is 3.37. The third-order valence-electron chi connectivity index (χ3n) is 5.49. The number of hydrogen-bond donors (Lipinski definition) is 2. The molecule has 1 aromatic carbocycles. The average Bonchev–Trinajstić information content (AvgIpc) is 3.17. The molecule has 1 fully saturated rings. The van der Waals surface area contributed by atoms with Gasteiger partial charge in [0.05, 0.1) is 30.3 Å². The van der Waals surface area contributed by atoms with Crippen molar-refractivity contribution in [2.75, 3.05) is 7.11 Å². The second-order valence-corrected chi connectivity index (χ2v) is 7.48. The lowest BCUT2D eigenvalue weighted by Gasteiger charge is -2.32. The molecule has 4 rings (SSSR count). The van der Waals surface area contributed by atoms with Crippen molar-refractivity contribution < 1.29 is 14.9 Å². The Balaban J connectivity index is 1.80. The molecule has 0 unspecified atom stereocenters. The van der Waals surface area contributed by atoms with Crippen LogP contribution in [0.15, 0.2) is 48.7 Å². The number of ether oxygens (including phenoxy) is 1. The summed E-state index contributed by atoms with van der Waals surface area (Å²) in [6.45, 7) is 1.95. The standard InChI is InChI=1S/C22H25N3O3/c1-15-3-4-16(14-23-15)20-13-21(22(27)11-9-18(26)10-12-22)24-25(20)17-5-7-19(28-2)8-6-17/h3-8,13-14,18,26-27H,9-12H2,1-2H3/t18-,22-. The van der Waals surface area contributed by atoms with Gasteiger partial charge in [-0.05, 0) is 75.1 Å². The molecule has 0 radical (unpaired) electrons. The zero-order valence-corrected chi connectivity index (χ0v) is 16.2.